The minimum Gasteiger partial charge on any atom is -0.287 e. The van der Waals surface area contributed by atoms with Crippen LogP contribution in [0, 0.1) is 0 Å². The third-order valence-electron chi connectivity index (χ3n) is 2.90. The van der Waals surface area contributed by atoms with Gasteiger partial charge in [0.15, 0.2) is 0 Å². The molecule has 0 atom stereocenters. The molecule has 0 aliphatic heterocycles. The van der Waals surface area contributed by atoms with Crippen LogP contribution in [-0.2, 0) is 19.6 Å². The Bertz CT molecular complexity index is 647. The average molecular weight is 283 g/mol. The van der Waals surface area contributed by atoms with Gasteiger partial charge in [-0.3, -0.25) is 14.5 Å². The lowest BCUT2D eigenvalue weighted by atomic mass is 10.0. The molecule has 0 aliphatic rings. The van der Waals surface area contributed by atoms with E-state index < -0.39 is 23.1 Å². The second-order valence-electron chi connectivity index (χ2n) is 4.25. The second-order valence-corrected chi connectivity index (χ2v) is 4.25. The van der Waals surface area contributed by atoms with Crippen molar-refractivity contribution < 1.29 is 18.0 Å². The summed E-state index contributed by atoms with van der Waals surface area (Å²) >= 11 is 0. The first-order chi connectivity index (χ1) is 9.34. The Morgan fingerprint density at radius 3 is 2.65 bits per heavy atom. The van der Waals surface area contributed by atoms with Crippen molar-refractivity contribution in [2.24, 2.45) is 7.05 Å². The zero-order valence-electron chi connectivity index (χ0n) is 10.9. The topological polar surface area (TPSA) is 47.8 Å². The molecular weight excluding hydrogens is 271 g/mol. The van der Waals surface area contributed by atoms with Gasteiger partial charge in [0, 0.05) is 19.4 Å². The number of ketones is 1. The third-order valence-corrected chi connectivity index (χ3v) is 2.90. The molecule has 0 spiro atoms. The molecule has 2 heterocycles. The first-order valence-corrected chi connectivity index (χ1v) is 5.93. The van der Waals surface area contributed by atoms with Crippen LogP contribution in [-0.4, -0.2) is 20.5 Å². The Kier molecular flexibility index (Phi) is 3.61. The molecule has 7 heteroatoms. The number of alkyl halides is 3. The van der Waals surface area contributed by atoms with Crippen molar-refractivity contribution in [3.05, 3.63) is 47.0 Å². The van der Waals surface area contributed by atoms with E-state index in [1.807, 2.05) is 6.92 Å². The number of halogens is 3. The highest BCUT2D eigenvalue weighted by Crippen LogP contribution is 2.32. The number of aromatic nitrogens is 3. The normalized spacial score (nSPS) is 11.7. The van der Waals surface area contributed by atoms with E-state index in [2.05, 4.69) is 10.1 Å². The number of hydrogen-bond donors (Lipinski definition) is 0. The van der Waals surface area contributed by atoms with Crippen molar-refractivity contribution in [3.8, 4) is 0 Å². The average Bonchev–Trinajstić information content (AvgIpc) is 2.78. The summed E-state index contributed by atoms with van der Waals surface area (Å²) in [6, 6.07) is 2.29. The Morgan fingerprint density at radius 1 is 1.40 bits per heavy atom. The van der Waals surface area contributed by atoms with E-state index in [1.165, 1.54) is 17.8 Å². The van der Waals surface area contributed by atoms with E-state index in [1.54, 1.807) is 0 Å². The highest BCUT2D eigenvalue weighted by molar-refractivity contribution is 6.08. The maximum absolute atomic E-state index is 12.9. The van der Waals surface area contributed by atoms with Gasteiger partial charge in [-0.15, -0.1) is 0 Å². The van der Waals surface area contributed by atoms with Crippen LogP contribution >= 0.6 is 0 Å². The molecule has 106 valence electrons. The van der Waals surface area contributed by atoms with Gasteiger partial charge in [0.1, 0.15) is 5.69 Å². The lowest BCUT2D eigenvalue weighted by molar-refractivity contribution is -0.137. The van der Waals surface area contributed by atoms with Crippen LogP contribution in [0.4, 0.5) is 13.2 Å². The number of carbonyl (C=O) groups is 1. The number of hydrogen-bond acceptors (Lipinski definition) is 3. The Balaban J connectivity index is 2.51. The van der Waals surface area contributed by atoms with Gasteiger partial charge in [-0.05, 0) is 18.6 Å². The summed E-state index contributed by atoms with van der Waals surface area (Å²) in [5.74, 6) is -0.736. The number of aryl methyl sites for hydroxylation is 2. The fourth-order valence-electron chi connectivity index (χ4n) is 1.87. The van der Waals surface area contributed by atoms with Gasteiger partial charge in [-0.2, -0.15) is 18.3 Å². The van der Waals surface area contributed by atoms with Crippen LogP contribution in [0.1, 0.15) is 34.2 Å². The molecule has 2 aromatic heterocycles. The molecule has 0 amide bonds. The fraction of sp³-hybridized carbons (Fsp3) is 0.308. The Labute approximate surface area is 113 Å². The molecule has 0 fully saturated rings. The molecule has 0 unspecified atom stereocenters. The standard InChI is InChI=1S/C13H12F3N3O/c1-3-8-6-11(19(2)18-8)12(20)9-7-17-5-4-10(9)13(14,15)16/h4-7H,3H2,1-2H3. The molecular formula is C13H12F3N3O. The number of pyridine rings is 1. The number of rotatable bonds is 3. The van der Waals surface area contributed by atoms with E-state index in [-0.39, 0.29) is 5.69 Å². The van der Waals surface area contributed by atoms with Crippen LogP contribution < -0.4 is 0 Å². The molecule has 0 saturated carbocycles. The predicted molar refractivity (Wildman–Crippen MR) is 65.3 cm³/mol. The highest BCUT2D eigenvalue weighted by atomic mass is 19.4. The summed E-state index contributed by atoms with van der Waals surface area (Å²) in [5, 5.41) is 4.06. The molecule has 2 rings (SSSR count). The van der Waals surface area contributed by atoms with Gasteiger partial charge in [0.2, 0.25) is 5.78 Å². The van der Waals surface area contributed by atoms with E-state index in [0.717, 1.165) is 18.5 Å². The predicted octanol–water partition coefficient (Wildman–Crippen LogP) is 2.63. The largest absolute Gasteiger partial charge is 0.417 e. The van der Waals surface area contributed by atoms with Gasteiger partial charge in [0.25, 0.3) is 0 Å². The van der Waals surface area contributed by atoms with Crippen LogP contribution in [0.3, 0.4) is 0 Å². The van der Waals surface area contributed by atoms with Crippen LogP contribution in [0.15, 0.2) is 24.5 Å². The molecule has 0 bridgehead atoms. The zero-order chi connectivity index (χ0) is 14.9. The van der Waals surface area contributed by atoms with E-state index in [4.69, 9.17) is 0 Å². The molecule has 0 saturated heterocycles. The number of nitrogens with zero attached hydrogens (tertiary/aromatic N) is 3. The van der Waals surface area contributed by atoms with E-state index in [9.17, 15) is 18.0 Å². The van der Waals surface area contributed by atoms with Crippen LogP contribution in [0.25, 0.3) is 0 Å². The van der Waals surface area contributed by atoms with Crippen molar-refractivity contribution in [2.45, 2.75) is 19.5 Å². The molecule has 20 heavy (non-hydrogen) atoms. The summed E-state index contributed by atoms with van der Waals surface area (Å²) in [7, 11) is 1.52. The van der Waals surface area contributed by atoms with Gasteiger partial charge in [-0.1, -0.05) is 6.92 Å². The smallest absolute Gasteiger partial charge is 0.287 e. The monoisotopic (exact) mass is 283 g/mol. The lowest BCUT2D eigenvalue weighted by Gasteiger charge is -2.11. The minimum absolute atomic E-state index is 0.111. The second kappa shape index (κ2) is 5.07. The molecule has 2 aromatic rings. The van der Waals surface area contributed by atoms with Crippen LogP contribution in [0.5, 0.6) is 0 Å². The summed E-state index contributed by atoms with van der Waals surface area (Å²) < 4.78 is 40.0. The Hall–Kier alpha value is -2.18. The van der Waals surface area contributed by atoms with Crippen molar-refractivity contribution in [1.29, 1.82) is 0 Å². The van der Waals surface area contributed by atoms with Gasteiger partial charge in [0.05, 0.1) is 16.8 Å². The molecule has 4 nitrogen and oxygen atoms in total. The summed E-state index contributed by atoms with van der Waals surface area (Å²) in [5.41, 5.74) is -0.698. The summed E-state index contributed by atoms with van der Waals surface area (Å²) in [4.78, 5) is 15.9. The van der Waals surface area contributed by atoms with Gasteiger partial charge >= 0.3 is 6.18 Å². The maximum atomic E-state index is 12.9. The van der Waals surface area contributed by atoms with Gasteiger partial charge < -0.3 is 0 Å². The Morgan fingerprint density at radius 2 is 2.10 bits per heavy atom. The lowest BCUT2D eigenvalue weighted by Crippen LogP contribution is -2.16. The molecule has 0 N–H and O–H groups in total. The van der Waals surface area contributed by atoms with Crippen molar-refractivity contribution >= 4 is 5.78 Å². The minimum atomic E-state index is -4.60. The number of carbonyl (C=O) groups excluding carboxylic acids is 1. The van der Waals surface area contributed by atoms with E-state index in [0.29, 0.717) is 12.1 Å². The van der Waals surface area contributed by atoms with Crippen molar-refractivity contribution in [2.75, 3.05) is 0 Å². The summed E-state index contributed by atoms with van der Waals surface area (Å²) in [6.45, 7) is 1.85. The summed E-state index contributed by atoms with van der Waals surface area (Å²) in [6.07, 6.45) is -2.05. The van der Waals surface area contributed by atoms with Crippen LogP contribution in [0.2, 0.25) is 0 Å². The molecule has 0 radical (unpaired) electrons. The van der Waals surface area contributed by atoms with Gasteiger partial charge in [-0.25, -0.2) is 0 Å². The zero-order valence-corrected chi connectivity index (χ0v) is 10.9. The van der Waals surface area contributed by atoms with E-state index >= 15 is 0 Å². The maximum Gasteiger partial charge on any atom is 0.417 e. The van der Waals surface area contributed by atoms with Crippen molar-refractivity contribution in [3.63, 3.8) is 0 Å². The highest BCUT2D eigenvalue weighted by Gasteiger charge is 2.35. The fourth-order valence-corrected chi connectivity index (χ4v) is 1.87. The molecule has 0 aromatic carbocycles. The first kappa shape index (κ1) is 14.2. The van der Waals surface area contributed by atoms with Crippen molar-refractivity contribution in [1.82, 2.24) is 14.8 Å². The molecule has 0 aliphatic carbocycles. The third kappa shape index (κ3) is 2.56. The SMILES string of the molecule is CCc1cc(C(=O)c2cnccc2C(F)(F)F)n(C)n1. The first-order valence-electron chi connectivity index (χ1n) is 5.93. The quantitative estimate of drug-likeness (QED) is 0.814.